The van der Waals surface area contributed by atoms with Crippen molar-refractivity contribution in [2.24, 2.45) is 0 Å². The van der Waals surface area contributed by atoms with E-state index in [0.717, 1.165) is 0 Å². The quantitative estimate of drug-likeness (QED) is 0.785. The fraction of sp³-hybridized carbons (Fsp3) is 0.250. The Kier molecular flexibility index (Phi) is 3.74. The molecule has 0 aliphatic carbocycles. The molecule has 2 rings (SSSR count). The van der Waals surface area contributed by atoms with Crippen molar-refractivity contribution in [3.8, 4) is 11.4 Å². The molecule has 19 heavy (non-hydrogen) atoms. The third-order valence-electron chi connectivity index (χ3n) is 2.38. The molecule has 0 saturated heterocycles. The number of carbonyl (C=O) groups is 1. The Balaban J connectivity index is 2.27. The Bertz CT molecular complexity index is 598. The summed E-state index contributed by atoms with van der Waals surface area (Å²) in [4.78, 5) is 11.4. The molecule has 2 aromatic rings. The summed E-state index contributed by atoms with van der Waals surface area (Å²) in [5.74, 6) is -0.953. The topological polar surface area (TPSA) is 66.2 Å². The van der Waals surface area contributed by atoms with Crippen molar-refractivity contribution in [2.45, 2.75) is 6.92 Å². The van der Waals surface area contributed by atoms with E-state index >= 15 is 0 Å². The number of esters is 1. The minimum absolute atomic E-state index is 0.0677. The number of aromatic nitrogens is 3. The second-order valence-electron chi connectivity index (χ2n) is 3.59. The number of carbonyl (C=O) groups excluding carboxylic acids is 1. The molecule has 6 nitrogen and oxygen atoms in total. The Hall–Kier alpha value is -2.44. The van der Waals surface area contributed by atoms with Gasteiger partial charge in [0.25, 0.3) is 0 Å². The van der Waals surface area contributed by atoms with Crippen LogP contribution in [-0.4, -0.2) is 34.7 Å². The number of hydrogen-bond acceptors (Lipinski definition) is 5. The zero-order valence-corrected chi connectivity index (χ0v) is 10.5. The number of benzene rings is 1. The molecule has 100 valence electrons. The molecule has 0 fully saturated rings. The lowest BCUT2D eigenvalue weighted by Crippen LogP contribution is -2.04. The van der Waals surface area contributed by atoms with Crippen LogP contribution >= 0.6 is 0 Å². The molecule has 0 saturated carbocycles. The van der Waals surface area contributed by atoms with Gasteiger partial charge in [-0.1, -0.05) is 5.21 Å². The van der Waals surface area contributed by atoms with Gasteiger partial charge in [-0.05, 0) is 19.1 Å². The smallest absolute Gasteiger partial charge is 0.360 e. The summed E-state index contributed by atoms with van der Waals surface area (Å²) in [5.41, 5.74) is 0.499. The van der Waals surface area contributed by atoms with Gasteiger partial charge in [-0.2, -0.15) is 0 Å². The average Bonchev–Trinajstić information content (AvgIpc) is 2.88. The summed E-state index contributed by atoms with van der Waals surface area (Å²) in [5, 5.41) is 7.41. The van der Waals surface area contributed by atoms with Gasteiger partial charge in [0.1, 0.15) is 0 Å². The molecule has 0 aliphatic rings. The summed E-state index contributed by atoms with van der Waals surface area (Å²) in [6.45, 7) is 1.95. The van der Waals surface area contributed by atoms with E-state index in [9.17, 15) is 9.18 Å². The Morgan fingerprint density at radius 2 is 2.26 bits per heavy atom. The van der Waals surface area contributed by atoms with Gasteiger partial charge in [0, 0.05) is 6.07 Å². The van der Waals surface area contributed by atoms with Crippen LogP contribution in [0.4, 0.5) is 4.39 Å². The van der Waals surface area contributed by atoms with Gasteiger partial charge >= 0.3 is 5.97 Å². The standard InChI is InChI=1S/C12H12FN3O3/c1-3-19-12(17)10-7-16(15-14-10)8-4-5-11(18-2)9(13)6-8/h4-7H,3H2,1-2H3. The molecule has 0 unspecified atom stereocenters. The van der Waals surface area contributed by atoms with E-state index in [4.69, 9.17) is 9.47 Å². The van der Waals surface area contributed by atoms with E-state index in [-0.39, 0.29) is 18.1 Å². The predicted octanol–water partition coefficient (Wildman–Crippen LogP) is 1.59. The van der Waals surface area contributed by atoms with Crippen LogP contribution in [0, 0.1) is 5.82 Å². The van der Waals surface area contributed by atoms with Crippen LogP contribution in [0.5, 0.6) is 5.75 Å². The van der Waals surface area contributed by atoms with Crippen molar-refractivity contribution in [3.05, 3.63) is 35.9 Å². The molecule has 1 aromatic carbocycles. The zero-order valence-electron chi connectivity index (χ0n) is 10.5. The lowest BCUT2D eigenvalue weighted by Gasteiger charge is -2.04. The second-order valence-corrected chi connectivity index (χ2v) is 3.59. The predicted molar refractivity (Wildman–Crippen MR) is 63.8 cm³/mol. The molecule has 0 amide bonds. The van der Waals surface area contributed by atoms with Crippen LogP contribution in [0.25, 0.3) is 5.69 Å². The van der Waals surface area contributed by atoms with Gasteiger partial charge in [0.05, 0.1) is 25.6 Å². The van der Waals surface area contributed by atoms with Crippen molar-refractivity contribution in [2.75, 3.05) is 13.7 Å². The maximum Gasteiger partial charge on any atom is 0.360 e. The van der Waals surface area contributed by atoms with Crippen LogP contribution in [0.3, 0.4) is 0 Å². The van der Waals surface area contributed by atoms with Gasteiger partial charge in [-0.15, -0.1) is 5.10 Å². The highest BCUT2D eigenvalue weighted by Gasteiger charge is 2.13. The van der Waals surface area contributed by atoms with Crippen LogP contribution in [-0.2, 0) is 4.74 Å². The van der Waals surface area contributed by atoms with Gasteiger partial charge in [-0.3, -0.25) is 0 Å². The van der Waals surface area contributed by atoms with Gasteiger partial charge < -0.3 is 9.47 Å². The maximum absolute atomic E-state index is 13.5. The highest BCUT2D eigenvalue weighted by atomic mass is 19.1. The van der Waals surface area contributed by atoms with Crippen molar-refractivity contribution >= 4 is 5.97 Å². The van der Waals surface area contributed by atoms with Gasteiger partial charge in [-0.25, -0.2) is 13.9 Å². The van der Waals surface area contributed by atoms with Crippen molar-refractivity contribution in [1.82, 2.24) is 15.0 Å². The molecule has 0 atom stereocenters. The van der Waals surface area contributed by atoms with Gasteiger partial charge in [0.2, 0.25) is 0 Å². The number of hydrogen-bond donors (Lipinski definition) is 0. The number of methoxy groups -OCH3 is 1. The third-order valence-corrected chi connectivity index (χ3v) is 2.38. The van der Waals surface area contributed by atoms with Crippen LogP contribution < -0.4 is 4.74 Å². The van der Waals surface area contributed by atoms with Crippen molar-refractivity contribution < 1.29 is 18.7 Å². The number of rotatable bonds is 4. The van der Waals surface area contributed by atoms with E-state index in [1.807, 2.05) is 0 Å². The van der Waals surface area contributed by atoms with Crippen molar-refractivity contribution in [3.63, 3.8) is 0 Å². The molecule has 0 N–H and O–H groups in total. The fourth-order valence-corrected chi connectivity index (χ4v) is 1.49. The second kappa shape index (κ2) is 5.47. The first-order valence-electron chi connectivity index (χ1n) is 5.59. The molecule has 0 spiro atoms. The first kappa shape index (κ1) is 13.0. The van der Waals surface area contributed by atoms with Crippen LogP contribution in [0.2, 0.25) is 0 Å². The fourth-order valence-electron chi connectivity index (χ4n) is 1.49. The maximum atomic E-state index is 13.5. The summed E-state index contributed by atoms with van der Waals surface area (Å²) in [6, 6.07) is 4.31. The summed E-state index contributed by atoms with van der Waals surface area (Å²) in [7, 11) is 1.38. The third kappa shape index (κ3) is 2.70. The number of nitrogens with zero attached hydrogens (tertiary/aromatic N) is 3. The SMILES string of the molecule is CCOC(=O)c1cn(-c2ccc(OC)c(F)c2)nn1. The summed E-state index contributed by atoms with van der Waals surface area (Å²) in [6.07, 6.45) is 1.37. The van der Waals surface area contributed by atoms with E-state index in [1.165, 1.54) is 30.1 Å². The summed E-state index contributed by atoms with van der Waals surface area (Å²) < 4.78 is 24.4. The largest absolute Gasteiger partial charge is 0.494 e. The molecule has 0 bridgehead atoms. The molecule has 0 aliphatic heterocycles. The van der Waals surface area contributed by atoms with Crippen LogP contribution in [0.1, 0.15) is 17.4 Å². The van der Waals surface area contributed by atoms with E-state index < -0.39 is 11.8 Å². The molecule has 7 heteroatoms. The molecular formula is C12H12FN3O3. The van der Waals surface area contributed by atoms with Crippen LogP contribution in [0.15, 0.2) is 24.4 Å². The highest BCUT2D eigenvalue weighted by molar-refractivity contribution is 5.86. The lowest BCUT2D eigenvalue weighted by molar-refractivity contribution is 0.0519. The van der Waals surface area contributed by atoms with E-state index in [0.29, 0.717) is 5.69 Å². The molecule has 1 aromatic heterocycles. The summed E-state index contributed by atoms with van der Waals surface area (Å²) >= 11 is 0. The highest BCUT2D eigenvalue weighted by Crippen LogP contribution is 2.19. The van der Waals surface area contributed by atoms with Gasteiger partial charge in [0.15, 0.2) is 17.3 Å². The zero-order chi connectivity index (χ0) is 13.8. The molecular weight excluding hydrogens is 253 g/mol. The minimum Gasteiger partial charge on any atom is -0.494 e. The number of ether oxygens (including phenoxy) is 2. The Morgan fingerprint density at radius 1 is 1.47 bits per heavy atom. The Morgan fingerprint density at radius 3 is 2.89 bits per heavy atom. The minimum atomic E-state index is -0.567. The first-order valence-corrected chi connectivity index (χ1v) is 5.59. The first-order chi connectivity index (χ1) is 9.15. The average molecular weight is 265 g/mol. The lowest BCUT2D eigenvalue weighted by atomic mass is 10.3. The monoisotopic (exact) mass is 265 g/mol. The van der Waals surface area contributed by atoms with Crippen molar-refractivity contribution in [1.29, 1.82) is 0 Å². The normalized spacial score (nSPS) is 10.3. The molecule has 0 radical (unpaired) electrons. The Labute approximate surface area is 108 Å². The number of halogens is 1. The molecule has 1 heterocycles. The van der Waals surface area contributed by atoms with E-state index in [2.05, 4.69) is 10.3 Å². The van der Waals surface area contributed by atoms with E-state index in [1.54, 1.807) is 13.0 Å².